The maximum absolute atomic E-state index is 13.3. The Labute approximate surface area is 184 Å². The van der Waals surface area contributed by atoms with Gasteiger partial charge in [-0.05, 0) is 68.0 Å². The summed E-state index contributed by atoms with van der Waals surface area (Å²) in [5.74, 6) is 1.07. The SMILES string of the molecule is O=C1OC2(CCC(CNc3ccc(-c4cccc(F)n4)nn3)CC2)CN1c1cccnn1. The normalized spacial score (nSPS) is 22.7. The summed E-state index contributed by atoms with van der Waals surface area (Å²) >= 11 is 0. The molecule has 164 valence electrons. The molecule has 2 fully saturated rings. The van der Waals surface area contributed by atoms with Crippen LogP contribution < -0.4 is 10.2 Å². The topological polar surface area (TPSA) is 106 Å². The summed E-state index contributed by atoms with van der Waals surface area (Å²) in [5.41, 5.74) is 0.512. The largest absolute Gasteiger partial charge is 0.441 e. The molecule has 1 amide bonds. The minimum Gasteiger partial charge on any atom is -0.441 e. The first kappa shape index (κ1) is 20.2. The molecule has 1 aliphatic carbocycles. The Morgan fingerprint density at radius 2 is 1.94 bits per heavy atom. The van der Waals surface area contributed by atoms with Crippen molar-refractivity contribution in [1.82, 2.24) is 25.4 Å². The molecule has 1 spiro atoms. The highest BCUT2D eigenvalue weighted by Gasteiger charge is 2.48. The van der Waals surface area contributed by atoms with E-state index < -0.39 is 11.5 Å². The molecular formula is C22H22FN7O2. The lowest BCUT2D eigenvalue weighted by Gasteiger charge is -2.35. The van der Waals surface area contributed by atoms with E-state index >= 15 is 0 Å². The van der Waals surface area contributed by atoms with E-state index in [9.17, 15) is 9.18 Å². The number of rotatable bonds is 5. The Hall–Kier alpha value is -3.69. The van der Waals surface area contributed by atoms with Gasteiger partial charge in [0.1, 0.15) is 17.1 Å². The monoisotopic (exact) mass is 435 g/mol. The van der Waals surface area contributed by atoms with Gasteiger partial charge in [-0.3, -0.25) is 4.90 Å². The minimum absolute atomic E-state index is 0.356. The van der Waals surface area contributed by atoms with Crippen molar-refractivity contribution < 1.29 is 13.9 Å². The molecule has 1 saturated carbocycles. The standard InChI is InChI=1S/C22H22FN7O2/c23-18-4-1-3-16(26-18)17-6-7-19(28-27-17)24-13-15-8-10-22(11-9-15)14-30(21(31)32-22)20-5-2-12-25-29-20/h1-7,12,15H,8-11,13-14H2,(H,24,28). The van der Waals surface area contributed by atoms with Crippen molar-refractivity contribution in [3.63, 3.8) is 0 Å². The number of halogens is 1. The Balaban J connectivity index is 1.14. The van der Waals surface area contributed by atoms with Crippen molar-refractivity contribution >= 4 is 17.7 Å². The summed E-state index contributed by atoms with van der Waals surface area (Å²) in [6.45, 7) is 1.26. The number of pyridine rings is 1. The van der Waals surface area contributed by atoms with E-state index in [1.54, 1.807) is 41.4 Å². The molecule has 1 saturated heterocycles. The molecule has 2 aliphatic rings. The summed E-state index contributed by atoms with van der Waals surface area (Å²) in [5, 5.41) is 19.5. The number of nitrogens with zero attached hydrogens (tertiary/aromatic N) is 6. The molecule has 4 heterocycles. The van der Waals surface area contributed by atoms with Crippen LogP contribution in [0.4, 0.5) is 20.8 Å². The zero-order valence-electron chi connectivity index (χ0n) is 17.3. The summed E-state index contributed by atoms with van der Waals surface area (Å²) in [4.78, 5) is 17.8. The highest BCUT2D eigenvalue weighted by Crippen LogP contribution is 2.40. The second-order valence-corrected chi connectivity index (χ2v) is 8.19. The van der Waals surface area contributed by atoms with Gasteiger partial charge in [0.25, 0.3) is 0 Å². The van der Waals surface area contributed by atoms with Crippen molar-refractivity contribution in [2.75, 3.05) is 23.3 Å². The second kappa shape index (κ2) is 8.45. The van der Waals surface area contributed by atoms with E-state index in [0.29, 0.717) is 35.5 Å². The van der Waals surface area contributed by atoms with Gasteiger partial charge >= 0.3 is 6.09 Å². The molecule has 0 atom stereocenters. The van der Waals surface area contributed by atoms with Crippen LogP contribution in [-0.4, -0.2) is 50.2 Å². The van der Waals surface area contributed by atoms with E-state index in [-0.39, 0.29) is 6.09 Å². The van der Waals surface area contributed by atoms with Gasteiger partial charge in [-0.1, -0.05) is 6.07 Å². The highest BCUT2D eigenvalue weighted by molar-refractivity contribution is 5.89. The number of ether oxygens (including phenoxy) is 1. The van der Waals surface area contributed by atoms with Crippen LogP contribution in [0, 0.1) is 11.9 Å². The maximum Gasteiger partial charge on any atom is 0.416 e. The number of nitrogens with one attached hydrogen (secondary N) is 1. The summed E-state index contributed by atoms with van der Waals surface area (Å²) in [6, 6.07) is 11.7. The fourth-order valence-corrected chi connectivity index (χ4v) is 4.27. The van der Waals surface area contributed by atoms with E-state index in [1.165, 1.54) is 6.07 Å². The Morgan fingerprint density at radius 3 is 2.66 bits per heavy atom. The number of carbonyl (C=O) groups is 1. The van der Waals surface area contributed by atoms with Crippen molar-refractivity contribution in [3.05, 3.63) is 54.6 Å². The molecule has 5 rings (SSSR count). The molecule has 9 nitrogen and oxygen atoms in total. The predicted octanol–water partition coefficient (Wildman–Crippen LogP) is 3.47. The van der Waals surface area contributed by atoms with Gasteiger partial charge < -0.3 is 10.1 Å². The number of hydrogen-bond acceptors (Lipinski definition) is 8. The van der Waals surface area contributed by atoms with Crippen LogP contribution in [-0.2, 0) is 4.74 Å². The van der Waals surface area contributed by atoms with Crippen LogP contribution >= 0.6 is 0 Å². The third-order valence-electron chi connectivity index (χ3n) is 6.04. The van der Waals surface area contributed by atoms with Gasteiger partial charge in [-0.15, -0.1) is 15.3 Å². The number of aromatic nitrogens is 5. The van der Waals surface area contributed by atoms with Gasteiger partial charge in [-0.25, -0.2) is 9.78 Å². The second-order valence-electron chi connectivity index (χ2n) is 8.19. The molecule has 0 radical (unpaired) electrons. The molecule has 1 aliphatic heterocycles. The molecule has 0 aromatic carbocycles. The van der Waals surface area contributed by atoms with Crippen LogP contribution in [0.3, 0.4) is 0 Å². The molecule has 0 unspecified atom stereocenters. The lowest BCUT2D eigenvalue weighted by atomic mass is 9.78. The third-order valence-corrected chi connectivity index (χ3v) is 6.04. The predicted molar refractivity (Wildman–Crippen MR) is 114 cm³/mol. The number of carbonyl (C=O) groups excluding carboxylic acids is 1. The van der Waals surface area contributed by atoms with Gasteiger partial charge in [0.2, 0.25) is 5.95 Å². The van der Waals surface area contributed by atoms with Crippen molar-refractivity contribution in [1.29, 1.82) is 0 Å². The smallest absolute Gasteiger partial charge is 0.416 e. The Morgan fingerprint density at radius 1 is 1.06 bits per heavy atom. The lowest BCUT2D eigenvalue weighted by Crippen LogP contribution is -2.39. The molecule has 3 aromatic rings. The fraction of sp³-hybridized carbons (Fsp3) is 0.364. The van der Waals surface area contributed by atoms with Crippen LogP contribution in [0.2, 0.25) is 0 Å². The Kier molecular flexibility index (Phi) is 5.34. The van der Waals surface area contributed by atoms with E-state index in [4.69, 9.17) is 4.74 Å². The van der Waals surface area contributed by atoms with Crippen molar-refractivity contribution in [2.24, 2.45) is 5.92 Å². The summed E-state index contributed by atoms with van der Waals surface area (Å²) in [7, 11) is 0. The van der Waals surface area contributed by atoms with Gasteiger partial charge in [0.15, 0.2) is 5.82 Å². The zero-order valence-corrected chi connectivity index (χ0v) is 17.3. The average molecular weight is 435 g/mol. The van der Waals surface area contributed by atoms with Crippen LogP contribution in [0.1, 0.15) is 25.7 Å². The van der Waals surface area contributed by atoms with Gasteiger partial charge in [0, 0.05) is 12.7 Å². The molecule has 3 aromatic heterocycles. The highest BCUT2D eigenvalue weighted by atomic mass is 19.1. The van der Waals surface area contributed by atoms with Crippen LogP contribution in [0.15, 0.2) is 48.7 Å². The van der Waals surface area contributed by atoms with Crippen molar-refractivity contribution in [3.8, 4) is 11.4 Å². The fourth-order valence-electron chi connectivity index (χ4n) is 4.27. The van der Waals surface area contributed by atoms with Gasteiger partial charge in [-0.2, -0.15) is 9.49 Å². The maximum atomic E-state index is 13.3. The quantitative estimate of drug-likeness (QED) is 0.608. The molecule has 10 heteroatoms. The van der Waals surface area contributed by atoms with E-state index in [1.807, 2.05) is 6.07 Å². The minimum atomic E-state index is -0.547. The van der Waals surface area contributed by atoms with E-state index in [2.05, 4.69) is 30.7 Å². The van der Waals surface area contributed by atoms with Crippen molar-refractivity contribution in [2.45, 2.75) is 31.3 Å². The third kappa shape index (κ3) is 4.20. The number of anilines is 2. The lowest BCUT2D eigenvalue weighted by molar-refractivity contribution is 0.0148. The first-order valence-corrected chi connectivity index (χ1v) is 10.6. The summed E-state index contributed by atoms with van der Waals surface area (Å²) < 4.78 is 19.1. The summed E-state index contributed by atoms with van der Waals surface area (Å²) in [6.07, 6.45) is 4.70. The first-order valence-electron chi connectivity index (χ1n) is 10.6. The number of amides is 1. The molecule has 32 heavy (non-hydrogen) atoms. The van der Waals surface area contributed by atoms with Crippen LogP contribution in [0.5, 0.6) is 0 Å². The molecule has 0 bridgehead atoms. The van der Waals surface area contributed by atoms with Gasteiger partial charge in [0.05, 0.1) is 12.2 Å². The van der Waals surface area contributed by atoms with Crippen LogP contribution in [0.25, 0.3) is 11.4 Å². The zero-order chi connectivity index (χ0) is 22.0. The first-order chi connectivity index (χ1) is 15.6. The molecular weight excluding hydrogens is 413 g/mol. The van der Waals surface area contributed by atoms with E-state index in [0.717, 1.165) is 32.2 Å². The molecule has 1 N–H and O–H groups in total. The Bertz CT molecular complexity index is 1090. The number of hydrogen-bond donors (Lipinski definition) is 1. The average Bonchev–Trinajstić information content (AvgIpc) is 3.15.